The molecule has 0 aromatic carbocycles. The third-order valence-electron chi connectivity index (χ3n) is 2.82. The van der Waals surface area contributed by atoms with Crippen molar-refractivity contribution < 1.29 is 9.32 Å². The van der Waals surface area contributed by atoms with E-state index in [1.165, 1.54) is 0 Å². The summed E-state index contributed by atoms with van der Waals surface area (Å²) in [5.74, 6) is 0.997. The number of amides is 2. The molecule has 1 rings (SSSR count). The molecule has 1 aromatic rings. The minimum atomic E-state index is -0.190. The van der Waals surface area contributed by atoms with Gasteiger partial charge in [0, 0.05) is 17.4 Å². The van der Waals surface area contributed by atoms with Crippen molar-refractivity contribution in [3.05, 3.63) is 17.5 Å². The van der Waals surface area contributed by atoms with Gasteiger partial charge in [0.15, 0.2) is 5.76 Å². The predicted molar refractivity (Wildman–Crippen MR) is 78.4 cm³/mol. The lowest BCUT2D eigenvalue weighted by Crippen LogP contribution is -2.41. The molecular formula is C13H23N3O2S. The zero-order valence-corrected chi connectivity index (χ0v) is 13.1. The van der Waals surface area contributed by atoms with Gasteiger partial charge < -0.3 is 15.2 Å². The number of hydrogen-bond acceptors (Lipinski definition) is 4. The topological polar surface area (TPSA) is 67.2 Å². The summed E-state index contributed by atoms with van der Waals surface area (Å²) < 4.78 is 5.18. The average molecular weight is 285 g/mol. The average Bonchev–Trinajstić information content (AvgIpc) is 2.83. The fraction of sp³-hybridized carbons (Fsp3) is 0.692. The minimum absolute atomic E-state index is 0.0361. The molecule has 0 aliphatic rings. The normalized spacial score (nSPS) is 11.7. The molecule has 0 saturated carbocycles. The van der Waals surface area contributed by atoms with E-state index in [2.05, 4.69) is 29.6 Å². The van der Waals surface area contributed by atoms with Gasteiger partial charge in [0.05, 0.1) is 12.2 Å². The lowest BCUT2D eigenvalue weighted by atomic mass is 10.1. The standard InChI is InChI=1S/C13H23N3O2S/c1-9(2)11-6-10(18-16-11)7-14-12(17)15-8-13(3,4)19-5/h6,9H,7-8H2,1-5H3,(H2,14,15,17). The third-order valence-corrected chi connectivity index (χ3v) is 4.07. The molecule has 0 bridgehead atoms. The Hall–Kier alpha value is -1.17. The molecule has 0 radical (unpaired) electrons. The number of aromatic nitrogens is 1. The molecule has 5 nitrogen and oxygen atoms in total. The summed E-state index contributed by atoms with van der Waals surface area (Å²) in [6, 6.07) is 1.68. The highest BCUT2D eigenvalue weighted by atomic mass is 32.2. The lowest BCUT2D eigenvalue weighted by Gasteiger charge is -2.22. The molecule has 108 valence electrons. The van der Waals surface area contributed by atoms with Crippen molar-refractivity contribution in [3.63, 3.8) is 0 Å². The molecule has 6 heteroatoms. The number of urea groups is 1. The fourth-order valence-electron chi connectivity index (χ4n) is 1.28. The van der Waals surface area contributed by atoms with Crippen molar-refractivity contribution in [3.8, 4) is 0 Å². The van der Waals surface area contributed by atoms with Crippen LogP contribution in [0.2, 0.25) is 0 Å². The summed E-state index contributed by atoms with van der Waals surface area (Å²) in [7, 11) is 0. The van der Waals surface area contributed by atoms with Crippen molar-refractivity contribution in [2.24, 2.45) is 0 Å². The summed E-state index contributed by atoms with van der Waals surface area (Å²) in [5.41, 5.74) is 0.903. The zero-order valence-electron chi connectivity index (χ0n) is 12.2. The highest BCUT2D eigenvalue weighted by Gasteiger charge is 2.17. The second-order valence-electron chi connectivity index (χ2n) is 5.37. The monoisotopic (exact) mass is 285 g/mol. The fourth-order valence-corrected chi connectivity index (χ4v) is 1.50. The summed E-state index contributed by atoms with van der Waals surface area (Å²) in [6.07, 6.45) is 2.03. The van der Waals surface area contributed by atoms with Gasteiger partial charge in [-0.25, -0.2) is 4.79 Å². The SMILES string of the molecule is CSC(C)(C)CNC(=O)NCc1cc(C(C)C)no1. The molecule has 0 unspecified atom stereocenters. The van der Waals surface area contributed by atoms with Crippen molar-refractivity contribution >= 4 is 17.8 Å². The molecule has 0 fully saturated rings. The number of carbonyl (C=O) groups is 1. The summed E-state index contributed by atoms with van der Waals surface area (Å²) >= 11 is 1.72. The molecule has 1 aromatic heterocycles. The Balaban J connectivity index is 2.33. The first-order valence-corrected chi connectivity index (χ1v) is 7.59. The van der Waals surface area contributed by atoms with Crippen LogP contribution >= 0.6 is 11.8 Å². The summed E-state index contributed by atoms with van der Waals surface area (Å²) in [6.45, 7) is 9.24. The Kier molecular flexibility index (Phi) is 5.72. The molecule has 2 N–H and O–H groups in total. The van der Waals surface area contributed by atoms with Crippen LogP contribution in [0.1, 0.15) is 45.1 Å². The first-order chi connectivity index (χ1) is 8.84. The van der Waals surface area contributed by atoms with Crippen LogP contribution in [0.5, 0.6) is 0 Å². The van der Waals surface area contributed by atoms with Gasteiger partial charge in [-0.1, -0.05) is 19.0 Å². The molecule has 2 amide bonds. The van der Waals surface area contributed by atoms with Gasteiger partial charge in [-0.05, 0) is 26.0 Å². The molecule has 0 aliphatic carbocycles. The van der Waals surface area contributed by atoms with Gasteiger partial charge in [-0.3, -0.25) is 0 Å². The maximum Gasteiger partial charge on any atom is 0.315 e. The number of thioether (sulfide) groups is 1. The Morgan fingerprint density at radius 3 is 2.68 bits per heavy atom. The molecule has 0 saturated heterocycles. The number of nitrogens with one attached hydrogen (secondary N) is 2. The number of nitrogens with zero attached hydrogens (tertiary/aromatic N) is 1. The van der Waals surface area contributed by atoms with Crippen molar-refractivity contribution in [1.82, 2.24) is 15.8 Å². The van der Waals surface area contributed by atoms with E-state index in [4.69, 9.17) is 4.52 Å². The van der Waals surface area contributed by atoms with E-state index >= 15 is 0 Å². The van der Waals surface area contributed by atoms with Crippen molar-refractivity contribution in [2.45, 2.75) is 44.9 Å². The predicted octanol–water partition coefficient (Wildman–Crippen LogP) is 2.74. The first kappa shape index (κ1) is 15.9. The van der Waals surface area contributed by atoms with Gasteiger partial charge in [0.1, 0.15) is 0 Å². The van der Waals surface area contributed by atoms with E-state index in [-0.39, 0.29) is 10.8 Å². The van der Waals surface area contributed by atoms with Crippen LogP contribution in [-0.2, 0) is 6.54 Å². The van der Waals surface area contributed by atoms with Crippen LogP contribution in [0, 0.1) is 0 Å². The van der Waals surface area contributed by atoms with E-state index in [9.17, 15) is 4.79 Å². The van der Waals surface area contributed by atoms with Gasteiger partial charge in [-0.15, -0.1) is 0 Å². The van der Waals surface area contributed by atoms with E-state index in [0.717, 1.165) is 5.69 Å². The van der Waals surface area contributed by atoms with Gasteiger partial charge in [0.25, 0.3) is 0 Å². The maximum absolute atomic E-state index is 11.6. The van der Waals surface area contributed by atoms with E-state index in [1.807, 2.05) is 26.2 Å². The molecule has 0 atom stereocenters. The van der Waals surface area contributed by atoms with E-state index < -0.39 is 0 Å². The third kappa shape index (κ3) is 5.55. The van der Waals surface area contributed by atoms with E-state index in [1.54, 1.807) is 11.8 Å². The smallest absolute Gasteiger partial charge is 0.315 e. The highest BCUT2D eigenvalue weighted by molar-refractivity contribution is 7.99. The van der Waals surface area contributed by atoms with Gasteiger partial charge in [0.2, 0.25) is 0 Å². The Morgan fingerprint density at radius 1 is 1.47 bits per heavy atom. The molecule has 19 heavy (non-hydrogen) atoms. The van der Waals surface area contributed by atoms with Crippen LogP contribution < -0.4 is 10.6 Å². The van der Waals surface area contributed by atoms with Gasteiger partial charge >= 0.3 is 6.03 Å². The summed E-state index contributed by atoms with van der Waals surface area (Å²) in [4.78, 5) is 11.6. The van der Waals surface area contributed by atoms with Crippen molar-refractivity contribution in [1.29, 1.82) is 0 Å². The molecular weight excluding hydrogens is 262 g/mol. The summed E-state index contributed by atoms with van der Waals surface area (Å²) in [5, 5.41) is 9.54. The number of carbonyl (C=O) groups excluding carboxylic acids is 1. The maximum atomic E-state index is 11.6. The first-order valence-electron chi connectivity index (χ1n) is 6.36. The van der Waals surface area contributed by atoms with Crippen LogP contribution in [0.15, 0.2) is 10.6 Å². The molecule has 1 heterocycles. The Morgan fingerprint density at radius 2 is 2.16 bits per heavy atom. The van der Waals surface area contributed by atoms with Crippen LogP contribution in [0.3, 0.4) is 0 Å². The van der Waals surface area contributed by atoms with Crippen LogP contribution in [0.4, 0.5) is 4.79 Å². The minimum Gasteiger partial charge on any atom is -0.359 e. The van der Waals surface area contributed by atoms with E-state index in [0.29, 0.717) is 24.8 Å². The quantitative estimate of drug-likeness (QED) is 0.843. The number of hydrogen-bond donors (Lipinski definition) is 2. The Bertz CT molecular complexity index is 416. The Labute approximate surface area is 118 Å². The highest BCUT2D eigenvalue weighted by Crippen LogP contribution is 2.19. The second kappa shape index (κ2) is 6.84. The molecule has 0 aliphatic heterocycles. The lowest BCUT2D eigenvalue weighted by molar-refractivity contribution is 0.238. The van der Waals surface area contributed by atoms with Gasteiger partial charge in [-0.2, -0.15) is 11.8 Å². The second-order valence-corrected chi connectivity index (χ2v) is 6.89. The molecule has 0 spiro atoms. The van der Waals surface area contributed by atoms with Crippen LogP contribution in [-0.4, -0.2) is 28.7 Å². The largest absolute Gasteiger partial charge is 0.359 e. The van der Waals surface area contributed by atoms with Crippen molar-refractivity contribution in [2.75, 3.05) is 12.8 Å². The van der Waals surface area contributed by atoms with Crippen LogP contribution in [0.25, 0.3) is 0 Å². The zero-order chi connectivity index (χ0) is 14.5. The number of rotatable bonds is 6.